The quantitative estimate of drug-likeness (QED) is 0.649. The van der Waals surface area contributed by atoms with Crippen molar-refractivity contribution >= 4 is 17.7 Å². The molecule has 25 heavy (non-hydrogen) atoms. The van der Waals surface area contributed by atoms with E-state index in [0.717, 1.165) is 35.3 Å². The lowest BCUT2D eigenvalue weighted by Gasteiger charge is -2.15. The molecule has 1 amide bonds. The maximum Gasteiger partial charge on any atom is 0.230 e. The Kier molecular flexibility index (Phi) is 7.55. The van der Waals surface area contributed by atoms with Gasteiger partial charge >= 0.3 is 0 Å². The summed E-state index contributed by atoms with van der Waals surface area (Å²) in [7, 11) is 1.90. The van der Waals surface area contributed by atoms with Crippen molar-refractivity contribution in [1.82, 2.24) is 20.1 Å². The molecule has 2 heterocycles. The first-order valence-electron chi connectivity index (χ1n) is 8.90. The zero-order valence-corrected chi connectivity index (χ0v) is 16.4. The Bertz CT molecular complexity index is 680. The summed E-state index contributed by atoms with van der Waals surface area (Å²) in [6.45, 7) is 7.03. The number of furan rings is 1. The molecule has 0 aromatic carbocycles. The predicted molar refractivity (Wildman–Crippen MR) is 100 cm³/mol. The fraction of sp³-hybridized carbons (Fsp3) is 0.611. The number of aromatic nitrogens is 3. The second kappa shape index (κ2) is 9.65. The average molecular weight is 365 g/mol. The Labute approximate surface area is 153 Å². The van der Waals surface area contributed by atoms with Crippen molar-refractivity contribution in [1.29, 1.82) is 0 Å². The van der Waals surface area contributed by atoms with Crippen LogP contribution in [0.15, 0.2) is 21.9 Å². The van der Waals surface area contributed by atoms with Crippen LogP contribution < -0.4 is 5.32 Å². The molecule has 0 aliphatic carbocycles. The number of amides is 1. The van der Waals surface area contributed by atoms with Crippen LogP contribution in [0.2, 0.25) is 0 Å². The van der Waals surface area contributed by atoms with Crippen LogP contribution in [0.25, 0.3) is 11.4 Å². The van der Waals surface area contributed by atoms with Crippen LogP contribution >= 0.6 is 11.8 Å². The number of hydrogen-bond donors (Lipinski definition) is 1. The molecule has 2 aromatic rings. The minimum atomic E-state index is 0.0454. The number of carbonyl (C=O) groups is 1. The van der Waals surface area contributed by atoms with E-state index in [9.17, 15) is 4.79 Å². The van der Waals surface area contributed by atoms with E-state index in [1.165, 1.54) is 31.0 Å². The van der Waals surface area contributed by atoms with Crippen molar-refractivity contribution in [2.45, 2.75) is 51.6 Å². The van der Waals surface area contributed by atoms with E-state index in [1.807, 2.05) is 24.6 Å². The number of nitrogens with zero attached hydrogens (tertiary/aromatic N) is 3. The predicted octanol–water partition coefficient (Wildman–Crippen LogP) is 3.81. The van der Waals surface area contributed by atoms with E-state index in [1.54, 1.807) is 6.26 Å². The van der Waals surface area contributed by atoms with Gasteiger partial charge in [0.15, 0.2) is 11.0 Å². The number of rotatable bonds is 10. The third kappa shape index (κ3) is 5.36. The second-order valence-electron chi connectivity index (χ2n) is 6.26. The summed E-state index contributed by atoms with van der Waals surface area (Å²) in [6, 6.07) is 1.88. The van der Waals surface area contributed by atoms with Crippen LogP contribution in [0.3, 0.4) is 0 Å². The van der Waals surface area contributed by atoms with Gasteiger partial charge in [0.25, 0.3) is 0 Å². The molecule has 0 unspecified atom stereocenters. The Morgan fingerprint density at radius 1 is 1.40 bits per heavy atom. The first-order valence-corrected chi connectivity index (χ1v) is 9.88. The highest BCUT2D eigenvalue weighted by Gasteiger charge is 2.16. The van der Waals surface area contributed by atoms with E-state index in [0.29, 0.717) is 11.7 Å². The number of aryl methyl sites for hydroxylation is 1. The lowest BCUT2D eigenvalue weighted by molar-refractivity contribution is -0.118. The van der Waals surface area contributed by atoms with Crippen molar-refractivity contribution in [2.75, 3.05) is 12.3 Å². The maximum atomic E-state index is 12.1. The molecule has 0 spiro atoms. The fourth-order valence-electron chi connectivity index (χ4n) is 2.67. The van der Waals surface area contributed by atoms with Gasteiger partial charge in [0.05, 0.1) is 17.6 Å². The molecule has 2 rings (SSSR count). The second-order valence-corrected chi connectivity index (χ2v) is 7.21. The van der Waals surface area contributed by atoms with Crippen LogP contribution in [0.1, 0.15) is 45.3 Å². The van der Waals surface area contributed by atoms with E-state index in [4.69, 9.17) is 4.42 Å². The van der Waals surface area contributed by atoms with E-state index in [-0.39, 0.29) is 5.91 Å². The van der Waals surface area contributed by atoms with Gasteiger partial charge in [0.2, 0.25) is 5.91 Å². The van der Waals surface area contributed by atoms with Gasteiger partial charge < -0.3 is 14.3 Å². The Morgan fingerprint density at radius 2 is 2.20 bits per heavy atom. The van der Waals surface area contributed by atoms with Gasteiger partial charge in [-0.15, -0.1) is 10.2 Å². The van der Waals surface area contributed by atoms with Gasteiger partial charge in [-0.1, -0.05) is 44.9 Å². The molecular formula is C18H28N4O2S. The fourth-order valence-corrected chi connectivity index (χ4v) is 3.42. The molecule has 0 aliphatic rings. The van der Waals surface area contributed by atoms with E-state index in [2.05, 4.69) is 29.4 Å². The Balaban J connectivity index is 1.84. The maximum absolute atomic E-state index is 12.1. The first kappa shape index (κ1) is 19.6. The van der Waals surface area contributed by atoms with Crippen molar-refractivity contribution in [3.05, 3.63) is 18.1 Å². The summed E-state index contributed by atoms with van der Waals surface area (Å²) >= 11 is 1.40. The summed E-state index contributed by atoms with van der Waals surface area (Å²) in [6.07, 6.45) is 6.34. The van der Waals surface area contributed by atoms with Crippen molar-refractivity contribution in [3.63, 3.8) is 0 Å². The van der Waals surface area contributed by atoms with E-state index >= 15 is 0 Å². The van der Waals surface area contributed by atoms with Crippen LogP contribution in [-0.4, -0.2) is 33.0 Å². The molecule has 0 aliphatic heterocycles. The van der Waals surface area contributed by atoms with Crippen LogP contribution in [-0.2, 0) is 11.8 Å². The van der Waals surface area contributed by atoms with Gasteiger partial charge in [-0.05, 0) is 25.3 Å². The highest BCUT2D eigenvalue weighted by atomic mass is 32.2. The molecule has 7 heteroatoms. The van der Waals surface area contributed by atoms with Gasteiger partial charge in [-0.2, -0.15) is 0 Å². The standard InChI is InChI=1S/C18H28N4O2S/c1-5-7-8-14(6-2)11-19-16(23)12-25-18-21-20-17(22(18)4)15-9-10-24-13(15)3/h9-10,14H,5-8,11-12H2,1-4H3,(H,19,23)/t14-/m1/s1. The Morgan fingerprint density at radius 3 is 2.84 bits per heavy atom. The molecule has 6 nitrogen and oxygen atoms in total. The monoisotopic (exact) mass is 364 g/mol. The number of carbonyl (C=O) groups excluding carboxylic acids is 1. The van der Waals surface area contributed by atoms with Crippen molar-refractivity contribution in [3.8, 4) is 11.4 Å². The molecule has 0 fully saturated rings. The van der Waals surface area contributed by atoms with Gasteiger partial charge in [0.1, 0.15) is 5.76 Å². The minimum Gasteiger partial charge on any atom is -0.469 e. The zero-order chi connectivity index (χ0) is 18.2. The molecule has 0 radical (unpaired) electrons. The Hall–Kier alpha value is -1.76. The van der Waals surface area contributed by atoms with Crippen LogP contribution in [0, 0.1) is 12.8 Å². The minimum absolute atomic E-state index is 0.0454. The third-order valence-corrected chi connectivity index (χ3v) is 5.42. The zero-order valence-electron chi connectivity index (χ0n) is 15.5. The highest BCUT2D eigenvalue weighted by Crippen LogP contribution is 2.25. The number of unbranched alkanes of at least 4 members (excludes halogenated alkanes) is 1. The third-order valence-electron chi connectivity index (χ3n) is 4.40. The smallest absolute Gasteiger partial charge is 0.230 e. The van der Waals surface area contributed by atoms with Crippen LogP contribution in [0.4, 0.5) is 0 Å². The number of thioether (sulfide) groups is 1. The summed E-state index contributed by atoms with van der Waals surface area (Å²) in [4.78, 5) is 12.1. The summed E-state index contributed by atoms with van der Waals surface area (Å²) in [5.74, 6) is 2.52. The van der Waals surface area contributed by atoms with Crippen molar-refractivity contribution < 1.29 is 9.21 Å². The van der Waals surface area contributed by atoms with Crippen molar-refractivity contribution in [2.24, 2.45) is 13.0 Å². The average Bonchev–Trinajstić information content (AvgIpc) is 3.18. The molecule has 0 saturated heterocycles. The van der Waals surface area contributed by atoms with Gasteiger partial charge in [-0.25, -0.2) is 0 Å². The summed E-state index contributed by atoms with van der Waals surface area (Å²) in [5, 5.41) is 12.2. The first-order chi connectivity index (χ1) is 12.1. The summed E-state index contributed by atoms with van der Waals surface area (Å²) < 4.78 is 7.22. The van der Waals surface area contributed by atoms with Gasteiger partial charge in [-0.3, -0.25) is 4.79 Å². The normalized spacial score (nSPS) is 12.3. The van der Waals surface area contributed by atoms with Crippen LogP contribution in [0.5, 0.6) is 0 Å². The largest absolute Gasteiger partial charge is 0.469 e. The lowest BCUT2D eigenvalue weighted by atomic mass is 9.99. The molecular weight excluding hydrogens is 336 g/mol. The lowest BCUT2D eigenvalue weighted by Crippen LogP contribution is -2.30. The molecule has 0 bridgehead atoms. The molecule has 1 N–H and O–H groups in total. The highest BCUT2D eigenvalue weighted by molar-refractivity contribution is 7.99. The molecule has 1 atom stereocenters. The van der Waals surface area contributed by atoms with Gasteiger partial charge in [0, 0.05) is 13.6 Å². The SMILES string of the molecule is CCCC[C@@H](CC)CNC(=O)CSc1nnc(-c2ccoc2C)n1C. The molecule has 2 aromatic heterocycles. The number of nitrogens with one attached hydrogen (secondary N) is 1. The van der Waals surface area contributed by atoms with E-state index < -0.39 is 0 Å². The summed E-state index contributed by atoms with van der Waals surface area (Å²) in [5.41, 5.74) is 0.924. The number of hydrogen-bond acceptors (Lipinski definition) is 5. The topological polar surface area (TPSA) is 73.0 Å². The molecule has 138 valence electrons. The molecule has 0 saturated carbocycles.